The summed E-state index contributed by atoms with van der Waals surface area (Å²) in [5.74, 6) is -0.575. The third kappa shape index (κ3) is 3.71. The summed E-state index contributed by atoms with van der Waals surface area (Å²) in [6.07, 6.45) is 1.99. The monoisotopic (exact) mass is 212 g/mol. The van der Waals surface area contributed by atoms with E-state index in [4.69, 9.17) is 10.5 Å². The molecule has 0 saturated carbocycles. The van der Waals surface area contributed by atoms with Crippen LogP contribution in [0, 0.1) is 0 Å². The Kier molecular flexibility index (Phi) is 3.47. The molecule has 0 fully saturated rings. The molecule has 0 atom stereocenters. The van der Waals surface area contributed by atoms with Gasteiger partial charge in [0.1, 0.15) is 6.26 Å². The van der Waals surface area contributed by atoms with Gasteiger partial charge in [0.2, 0.25) is 0 Å². The van der Waals surface area contributed by atoms with Gasteiger partial charge in [-0.1, -0.05) is 5.16 Å². The highest BCUT2D eigenvalue weighted by Gasteiger charge is 2.15. The molecule has 15 heavy (non-hydrogen) atoms. The minimum atomic E-state index is -0.575. The molecule has 0 saturated heterocycles. The third-order valence-corrected chi connectivity index (χ3v) is 1.78. The Morgan fingerprint density at radius 3 is 2.80 bits per heavy atom. The first-order valence-electron chi connectivity index (χ1n) is 4.77. The van der Waals surface area contributed by atoms with Crippen molar-refractivity contribution in [2.75, 3.05) is 6.61 Å². The van der Waals surface area contributed by atoms with Crippen molar-refractivity contribution >= 4 is 5.91 Å². The van der Waals surface area contributed by atoms with Gasteiger partial charge in [0.25, 0.3) is 5.91 Å². The molecule has 0 bridgehead atoms. The molecule has 0 aromatic carbocycles. The van der Waals surface area contributed by atoms with E-state index in [0.717, 1.165) is 0 Å². The first-order chi connectivity index (χ1) is 6.90. The second-order valence-electron chi connectivity index (χ2n) is 4.26. The van der Waals surface area contributed by atoms with Gasteiger partial charge in [-0.3, -0.25) is 4.79 Å². The summed E-state index contributed by atoms with van der Waals surface area (Å²) in [5, 5.41) is 3.53. The van der Waals surface area contributed by atoms with Crippen LogP contribution in [0.5, 0.6) is 0 Å². The lowest BCUT2D eigenvalue weighted by Gasteiger charge is -2.19. The lowest BCUT2D eigenvalue weighted by Crippen LogP contribution is -2.21. The number of nitrogens with zero attached hydrogens (tertiary/aromatic N) is 1. The maximum Gasteiger partial charge on any atom is 0.271 e. The fourth-order valence-electron chi connectivity index (χ4n) is 1.10. The number of ether oxygens (including phenoxy) is 1. The summed E-state index contributed by atoms with van der Waals surface area (Å²) in [7, 11) is 0. The SMILES string of the molecule is CC(C)(C)OCCc1conc1C(N)=O. The van der Waals surface area contributed by atoms with Crippen LogP contribution in [0.25, 0.3) is 0 Å². The summed E-state index contributed by atoms with van der Waals surface area (Å²) < 4.78 is 10.2. The van der Waals surface area contributed by atoms with E-state index in [2.05, 4.69) is 9.68 Å². The molecule has 84 valence electrons. The van der Waals surface area contributed by atoms with Gasteiger partial charge in [-0.05, 0) is 20.8 Å². The molecule has 1 aromatic rings. The maximum absolute atomic E-state index is 10.9. The predicted molar refractivity (Wildman–Crippen MR) is 54.4 cm³/mol. The van der Waals surface area contributed by atoms with E-state index >= 15 is 0 Å². The number of hydrogen-bond acceptors (Lipinski definition) is 4. The van der Waals surface area contributed by atoms with Crippen LogP contribution in [-0.2, 0) is 11.2 Å². The van der Waals surface area contributed by atoms with Crippen LogP contribution >= 0.6 is 0 Å². The normalized spacial score (nSPS) is 11.7. The third-order valence-electron chi connectivity index (χ3n) is 1.78. The van der Waals surface area contributed by atoms with Gasteiger partial charge in [0.15, 0.2) is 5.69 Å². The lowest BCUT2D eigenvalue weighted by molar-refractivity contribution is -0.00104. The lowest BCUT2D eigenvalue weighted by atomic mass is 10.1. The van der Waals surface area contributed by atoms with Crippen LogP contribution in [0.1, 0.15) is 36.8 Å². The first kappa shape index (κ1) is 11.7. The highest BCUT2D eigenvalue weighted by atomic mass is 16.5. The van der Waals surface area contributed by atoms with E-state index in [1.165, 1.54) is 6.26 Å². The fraction of sp³-hybridized carbons (Fsp3) is 0.600. The molecule has 0 unspecified atom stereocenters. The Morgan fingerprint density at radius 2 is 2.27 bits per heavy atom. The molecule has 0 radical (unpaired) electrons. The Hall–Kier alpha value is -1.36. The molecule has 0 spiro atoms. The zero-order valence-electron chi connectivity index (χ0n) is 9.24. The van der Waals surface area contributed by atoms with Crippen LogP contribution in [0.3, 0.4) is 0 Å². The first-order valence-corrected chi connectivity index (χ1v) is 4.77. The molecule has 2 N–H and O–H groups in total. The van der Waals surface area contributed by atoms with Crippen LogP contribution in [0.15, 0.2) is 10.8 Å². The van der Waals surface area contributed by atoms with Gasteiger partial charge >= 0.3 is 0 Å². The Labute approximate surface area is 88.6 Å². The van der Waals surface area contributed by atoms with E-state index in [1.807, 2.05) is 20.8 Å². The van der Waals surface area contributed by atoms with Crippen molar-refractivity contribution in [2.45, 2.75) is 32.8 Å². The van der Waals surface area contributed by atoms with Gasteiger partial charge in [-0.15, -0.1) is 0 Å². The van der Waals surface area contributed by atoms with Gasteiger partial charge < -0.3 is 15.0 Å². The van der Waals surface area contributed by atoms with Crippen LogP contribution < -0.4 is 5.73 Å². The van der Waals surface area contributed by atoms with Crippen molar-refractivity contribution in [2.24, 2.45) is 5.73 Å². The largest absolute Gasteiger partial charge is 0.376 e. The standard InChI is InChI=1S/C10H16N2O3/c1-10(2,3)14-5-4-7-6-15-12-8(7)9(11)13/h6H,4-5H2,1-3H3,(H2,11,13). The summed E-state index contributed by atoms with van der Waals surface area (Å²) in [6.45, 7) is 6.41. The number of primary amides is 1. The van der Waals surface area contributed by atoms with Gasteiger partial charge in [0, 0.05) is 12.0 Å². The van der Waals surface area contributed by atoms with Crippen LogP contribution in [0.4, 0.5) is 0 Å². The van der Waals surface area contributed by atoms with E-state index in [1.54, 1.807) is 0 Å². The molecule has 1 heterocycles. The van der Waals surface area contributed by atoms with Crippen molar-refractivity contribution in [1.29, 1.82) is 0 Å². The number of aromatic nitrogens is 1. The second-order valence-corrected chi connectivity index (χ2v) is 4.26. The van der Waals surface area contributed by atoms with Crippen molar-refractivity contribution in [3.05, 3.63) is 17.5 Å². The molecular weight excluding hydrogens is 196 g/mol. The van der Waals surface area contributed by atoms with Crippen molar-refractivity contribution in [3.8, 4) is 0 Å². The molecule has 5 heteroatoms. The van der Waals surface area contributed by atoms with E-state index in [-0.39, 0.29) is 11.3 Å². The number of nitrogens with two attached hydrogens (primary N) is 1. The maximum atomic E-state index is 10.9. The fourth-order valence-corrected chi connectivity index (χ4v) is 1.10. The number of hydrogen-bond donors (Lipinski definition) is 1. The van der Waals surface area contributed by atoms with Gasteiger partial charge in [0.05, 0.1) is 12.2 Å². The van der Waals surface area contributed by atoms with E-state index in [0.29, 0.717) is 18.6 Å². The summed E-state index contributed by atoms with van der Waals surface area (Å²) in [6, 6.07) is 0. The zero-order valence-corrected chi connectivity index (χ0v) is 9.24. The number of rotatable bonds is 4. The molecule has 1 rings (SSSR count). The second kappa shape index (κ2) is 4.44. The molecule has 5 nitrogen and oxygen atoms in total. The smallest absolute Gasteiger partial charge is 0.271 e. The highest BCUT2D eigenvalue weighted by Crippen LogP contribution is 2.11. The van der Waals surface area contributed by atoms with Crippen molar-refractivity contribution in [3.63, 3.8) is 0 Å². The Balaban J connectivity index is 2.51. The van der Waals surface area contributed by atoms with Crippen LogP contribution in [0.2, 0.25) is 0 Å². The molecule has 0 aliphatic rings. The highest BCUT2D eigenvalue weighted by molar-refractivity contribution is 5.91. The zero-order chi connectivity index (χ0) is 11.5. The van der Waals surface area contributed by atoms with E-state index < -0.39 is 5.91 Å². The van der Waals surface area contributed by atoms with Crippen LogP contribution in [-0.4, -0.2) is 23.3 Å². The summed E-state index contributed by atoms with van der Waals surface area (Å²) in [5.41, 5.74) is 5.80. The Bertz CT molecular complexity index is 339. The topological polar surface area (TPSA) is 78.3 Å². The quantitative estimate of drug-likeness (QED) is 0.811. The molecular formula is C10H16N2O3. The minimum Gasteiger partial charge on any atom is -0.376 e. The van der Waals surface area contributed by atoms with Crippen molar-refractivity contribution in [1.82, 2.24) is 5.16 Å². The minimum absolute atomic E-state index is 0.188. The molecule has 1 aromatic heterocycles. The van der Waals surface area contributed by atoms with Crippen molar-refractivity contribution < 1.29 is 14.1 Å². The number of carbonyl (C=O) groups excluding carboxylic acids is 1. The predicted octanol–water partition coefficient (Wildman–Crippen LogP) is 1.13. The number of carbonyl (C=O) groups is 1. The van der Waals surface area contributed by atoms with Gasteiger partial charge in [-0.2, -0.15) is 0 Å². The average molecular weight is 212 g/mol. The molecule has 1 amide bonds. The average Bonchev–Trinajstić information content (AvgIpc) is 2.49. The summed E-state index contributed by atoms with van der Waals surface area (Å²) >= 11 is 0. The van der Waals surface area contributed by atoms with Gasteiger partial charge in [-0.25, -0.2) is 0 Å². The number of amides is 1. The molecule has 0 aliphatic heterocycles. The Morgan fingerprint density at radius 1 is 1.60 bits per heavy atom. The molecule has 0 aliphatic carbocycles. The van der Waals surface area contributed by atoms with E-state index in [9.17, 15) is 4.79 Å². The summed E-state index contributed by atoms with van der Waals surface area (Å²) in [4.78, 5) is 10.9.